The van der Waals surface area contributed by atoms with Crippen LogP contribution >= 0.6 is 23.2 Å². The Morgan fingerprint density at radius 2 is 2.03 bits per heavy atom. The first-order valence-corrected chi connectivity index (χ1v) is 10.3. The highest BCUT2D eigenvalue weighted by molar-refractivity contribution is 6.43. The molecule has 0 saturated carbocycles. The van der Waals surface area contributed by atoms with Crippen molar-refractivity contribution in [1.82, 2.24) is 29.6 Å². The SMILES string of the molecule is Cn1nc2ccc(-c3nn(N4CC[C@@H](N)[C@H](F)C4)c4ncnc(C#N)c34)c(Cl)c2c1Cl. The number of hydrogen-bond acceptors (Lipinski definition) is 7. The first-order valence-electron chi connectivity index (χ1n) is 9.50. The van der Waals surface area contributed by atoms with E-state index in [0.717, 1.165) is 0 Å². The summed E-state index contributed by atoms with van der Waals surface area (Å²) in [5.41, 5.74) is 7.94. The van der Waals surface area contributed by atoms with Crippen molar-refractivity contribution in [3.05, 3.63) is 34.3 Å². The highest BCUT2D eigenvalue weighted by Gasteiger charge is 2.30. The van der Waals surface area contributed by atoms with Crippen molar-refractivity contribution in [2.75, 3.05) is 18.1 Å². The van der Waals surface area contributed by atoms with E-state index in [-0.39, 0.29) is 12.2 Å². The lowest BCUT2D eigenvalue weighted by Gasteiger charge is -2.33. The van der Waals surface area contributed by atoms with Gasteiger partial charge in [-0.25, -0.2) is 14.4 Å². The molecule has 1 saturated heterocycles. The average molecular weight is 460 g/mol. The fraction of sp³-hybridized carbons (Fsp3) is 0.316. The molecule has 3 aromatic heterocycles. The second kappa shape index (κ2) is 7.30. The molecule has 2 atom stereocenters. The Hall–Kier alpha value is -3.00. The molecule has 1 fully saturated rings. The Kier molecular flexibility index (Phi) is 4.69. The van der Waals surface area contributed by atoms with Crippen LogP contribution in [-0.4, -0.2) is 54.9 Å². The lowest BCUT2D eigenvalue weighted by molar-refractivity contribution is 0.229. The van der Waals surface area contributed by atoms with Crippen LogP contribution in [-0.2, 0) is 7.05 Å². The van der Waals surface area contributed by atoms with E-state index in [2.05, 4.69) is 26.2 Å². The minimum Gasteiger partial charge on any atom is -0.325 e. The Morgan fingerprint density at radius 1 is 1.23 bits per heavy atom. The number of benzene rings is 1. The summed E-state index contributed by atoms with van der Waals surface area (Å²) < 4.78 is 15.9. The van der Waals surface area contributed by atoms with Gasteiger partial charge in [0.15, 0.2) is 11.3 Å². The fourth-order valence-corrected chi connectivity index (χ4v) is 4.50. The predicted octanol–water partition coefficient (Wildman–Crippen LogP) is 2.57. The van der Waals surface area contributed by atoms with Crippen LogP contribution in [0.5, 0.6) is 0 Å². The highest BCUT2D eigenvalue weighted by atomic mass is 35.5. The zero-order valence-corrected chi connectivity index (χ0v) is 17.8. The molecule has 0 spiro atoms. The van der Waals surface area contributed by atoms with E-state index in [1.54, 1.807) is 24.2 Å². The van der Waals surface area contributed by atoms with Gasteiger partial charge in [-0.2, -0.15) is 15.2 Å². The van der Waals surface area contributed by atoms with Gasteiger partial charge < -0.3 is 5.73 Å². The van der Waals surface area contributed by atoms with E-state index >= 15 is 0 Å². The minimum absolute atomic E-state index is 0.0600. The molecule has 4 heterocycles. The number of nitriles is 1. The normalized spacial score (nSPS) is 19.3. The monoisotopic (exact) mass is 459 g/mol. The number of aromatic nitrogens is 6. The number of aryl methyl sites for hydroxylation is 1. The maximum absolute atomic E-state index is 14.3. The molecule has 0 amide bonds. The fourth-order valence-electron chi connectivity index (χ4n) is 3.88. The highest BCUT2D eigenvalue weighted by Crippen LogP contribution is 2.40. The number of fused-ring (bicyclic) bond motifs is 2. The van der Waals surface area contributed by atoms with Crippen molar-refractivity contribution >= 4 is 45.1 Å². The van der Waals surface area contributed by atoms with Crippen molar-refractivity contribution in [2.24, 2.45) is 12.8 Å². The van der Waals surface area contributed by atoms with Gasteiger partial charge in [0.1, 0.15) is 29.4 Å². The largest absolute Gasteiger partial charge is 0.325 e. The first-order chi connectivity index (χ1) is 14.9. The maximum Gasteiger partial charge on any atom is 0.185 e. The van der Waals surface area contributed by atoms with E-state index in [4.69, 9.17) is 28.9 Å². The Labute approximate surface area is 185 Å². The van der Waals surface area contributed by atoms with Gasteiger partial charge in [0, 0.05) is 25.2 Å². The lowest BCUT2D eigenvalue weighted by Crippen LogP contribution is -2.53. The molecule has 4 aromatic rings. The summed E-state index contributed by atoms with van der Waals surface area (Å²) in [6.45, 7) is 0.551. The molecule has 0 radical (unpaired) electrons. The summed E-state index contributed by atoms with van der Waals surface area (Å²) in [5, 5.41) is 22.1. The van der Waals surface area contributed by atoms with Crippen molar-refractivity contribution < 1.29 is 4.39 Å². The van der Waals surface area contributed by atoms with Gasteiger partial charge in [-0.05, 0) is 18.6 Å². The summed E-state index contributed by atoms with van der Waals surface area (Å²) >= 11 is 13.1. The third-order valence-electron chi connectivity index (χ3n) is 5.52. The number of rotatable bonds is 2. The molecule has 1 aliphatic heterocycles. The smallest absolute Gasteiger partial charge is 0.185 e. The van der Waals surface area contributed by atoms with Crippen molar-refractivity contribution in [2.45, 2.75) is 18.6 Å². The van der Waals surface area contributed by atoms with Gasteiger partial charge in [0.2, 0.25) is 0 Å². The molecule has 9 nitrogen and oxygen atoms in total. The summed E-state index contributed by atoms with van der Waals surface area (Å²) in [6.07, 6.45) is 0.545. The van der Waals surface area contributed by atoms with Crippen LogP contribution in [0.25, 0.3) is 33.2 Å². The van der Waals surface area contributed by atoms with Crippen LogP contribution in [0, 0.1) is 11.3 Å². The van der Waals surface area contributed by atoms with Crippen LogP contribution < -0.4 is 10.7 Å². The Bertz CT molecular complexity index is 1370. The summed E-state index contributed by atoms with van der Waals surface area (Å²) in [4.78, 5) is 9.92. The summed E-state index contributed by atoms with van der Waals surface area (Å²) in [6, 6.07) is 5.10. The maximum atomic E-state index is 14.3. The van der Waals surface area contributed by atoms with E-state index in [0.29, 0.717) is 56.3 Å². The molecule has 12 heteroatoms. The van der Waals surface area contributed by atoms with Crippen molar-refractivity contribution in [3.63, 3.8) is 0 Å². The minimum atomic E-state index is -1.21. The lowest BCUT2D eigenvalue weighted by atomic mass is 10.1. The Morgan fingerprint density at radius 3 is 2.77 bits per heavy atom. The molecular formula is C19H16Cl2FN9. The van der Waals surface area contributed by atoms with Crippen molar-refractivity contribution in [3.8, 4) is 17.3 Å². The topological polar surface area (TPSA) is 114 Å². The molecule has 0 unspecified atom stereocenters. The number of nitrogens with two attached hydrogens (primary N) is 1. The molecule has 2 N–H and O–H groups in total. The van der Waals surface area contributed by atoms with Gasteiger partial charge in [-0.3, -0.25) is 9.69 Å². The van der Waals surface area contributed by atoms with Crippen LogP contribution in [0.3, 0.4) is 0 Å². The van der Waals surface area contributed by atoms with Crippen LogP contribution in [0.15, 0.2) is 18.5 Å². The summed E-state index contributed by atoms with van der Waals surface area (Å²) in [5.74, 6) is 0. The molecule has 5 rings (SSSR count). The van der Waals surface area contributed by atoms with E-state index in [9.17, 15) is 9.65 Å². The van der Waals surface area contributed by atoms with Crippen LogP contribution in [0.4, 0.5) is 4.39 Å². The molecule has 0 aliphatic carbocycles. The van der Waals surface area contributed by atoms with Gasteiger partial charge >= 0.3 is 0 Å². The number of nitrogens with zero attached hydrogens (tertiary/aromatic N) is 8. The molecule has 31 heavy (non-hydrogen) atoms. The zero-order chi connectivity index (χ0) is 21.9. The molecule has 1 aliphatic rings. The van der Waals surface area contributed by atoms with E-state index in [1.807, 2.05) is 0 Å². The second-order valence-corrected chi connectivity index (χ2v) is 8.12. The zero-order valence-electron chi connectivity index (χ0n) is 16.3. The third-order valence-corrected chi connectivity index (χ3v) is 6.34. The number of alkyl halides is 1. The van der Waals surface area contributed by atoms with Gasteiger partial charge in [-0.1, -0.05) is 23.2 Å². The molecule has 0 bridgehead atoms. The second-order valence-electron chi connectivity index (χ2n) is 7.39. The first kappa shape index (κ1) is 19.9. The van der Waals surface area contributed by atoms with Gasteiger partial charge in [0.05, 0.1) is 27.9 Å². The molecule has 158 valence electrons. The van der Waals surface area contributed by atoms with Crippen molar-refractivity contribution in [1.29, 1.82) is 5.26 Å². The van der Waals surface area contributed by atoms with Gasteiger partial charge in [-0.15, -0.1) is 5.10 Å². The van der Waals surface area contributed by atoms with Crippen LogP contribution in [0.1, 0.15) is 12.1 Å². The summed E-state index contributed by atoms with van der Waals surface area (Å²) in [7, 11) is 1.72. The van der Waals surface area contributed by atoms with Gasteiger partial charge in [0.25, 0.3) is 0 Å². The van der Waals surface area contributed by atoms with Crippen LogP contribution in [0.2, 0.25) is 10.2 Å². The standard InChI is InChI=1S/C19H16Cl2FN9/c1-29-18(21)14-12(27-29)3-2-9(16(14)20)17-15-13(6-23)25-8-26-19(15)31(28-17)30-5-4-11(24)10(22)7-30/h2-3,8,10-11H,4-5,7,24H2,1H3/t10-,11-/m1/s1. The number of halogens is 3. The molecule has 1 aromatic carbocycles. The van der Waals surface area contributed by atoms with E-state index < -0.39 is 12.2 Å². The average Bonchev–Trinajstić information content (AvgIpc) is 3.28. The number of hydrogen-bond donors (Lipinski definition) is 1. The molecular weight excluding hydrogens is 444 g/mol. The Balaban J connectivity index is 1.77. The van der Waals surface area contributed by atoms with E-state index in [1.165, 1.54) is 15.8 Å². The predicted molar refractivity (Wildman–Crippen MR) is 115 cm³/mol. The third kappa shape index (κ3) is 3.00. The quantitative estimate of drug-likeness (QED) is 0.489. The number of piperidine rings is 1.